The molecule has 120 valence electrons. The van der Waals surface area contributed by atoms with E-state index >= 15 is 0 Å². The second-order valence-electron chi connectivity index (χ2n) is 5.67. The lowest BCUT2D eigenvalue weighted by atomic mass is 9.95. The van der Waals surface area contributed by atoms with Gasteiger partial charge in [-0.25, -0.2) is 0 Å². The lowest BCUT2D eigenvalue weighted by Gasteiger charge is -2.11. The van der Waals surface area contributed by atoms with Gasteiger partial charge in [0.25, 0.3) is 7.37 Å². The monoisotopic (exact) mass is 354 g/mol. The average molecular weight is 355 g/mol. The van der Waals surface area contributed by atoms with Crippen LogP contribution in [0.25, 0.3) is 22.3 Å². The molecule has 4 rings (SSSR count). The molecule has 0 N–H and O–H groups in total. The van der Waals surface area contributed by atoms with Gasteiger partial charge in [0.15, 0.2) is 0 Å². The number of fused-ring (bicyclic) bond motifs is 1. The van der Waals surface area contributed by atoms with Crippen molar-refractivity contribution in [2.24, 2.45) is 0 Å². The maximum absolute atomic E-state index is 13.1. The van der Waals surface area contributed by atoms with E-state index in [9.17, 15) is 4.57 Å². The number of hydrogen-bond acceptors (Lipinski definition) is 2. The summed E-state index contributed by atoms with van der Waals surface area (Å²) >= 11 is 6.42. The van der Waals surface area contributed by atoms with Crippen LogP contribution in [0.1, 0.15) is 6.92 Å². The van der Waals surface area contributed by atoms with Crippen molar-refractivity contribution < 1.29 is 9.09 Å². The molecule has 0 aliphatic carbocycles. The third-order valence-corrected chi connectivity index (χ3v) is 7.04. The minimum atomic E-state index is -2.82. The topological polar surface area (TPSA) is 26.3 Å². The van der Waals surface area contributed by atoms with Gasteiger partial charge in [-0.2, -0.15) is 0 Å². The molecular weight excluding hydrogens is 339 g/mol. The Hall–Kier alpha value is -1.86. The maximum atomic E-state index is 13.1. The summed E-state index contributed by atoms with van der Waals surface area (Å²) in [5.41, 5.74) is 3.93. The summed E-state index contributed by atoms with van der Waals surface area (Å²) in [5, 5.41) is 2.36. The zero-order valence-electron chi connectivity index (χ0n) is 13.2. The minimum absolute atomic E-state index is 0.432. The molecule has 0 saturated heterocycles. The van der Waals surface area contributed by atoms with Crippen LogP contribution >= 0.6 is 19.0 Å². The second kappa shape index (κ2) is 5.89. The van der Waals surface area contributed by atoms with Crippen LogP contribution in [0.15, 0.2) is 66.7 Å². The first kappa shape index (κ1) is 15.7. The fourth-order valence-electron chi connectivity index (χ4n) is 3.17. The SMILES string of the molecule is CCOP1(=O)c2ccc(-c3ccccc3Cl)c(-c3ccccc3)c21. The predicted octanol–water partition coefficient (Wildman–Crippen LogP) is 5.25. The highest BCUT2D eigenvalue weighted by atomic mass is 35.5. The van der Waals surface area contributed by atoms with Gasteiger partial charge in [-0.1, -0.05) is 66.2 Å². The van der Waals surface area contributed by atoms with Crippen molar-refractivity contribution in [3.8, 4) is 22.3 Å². The van der Waals surface area contributed by atoms with Crippen molar-refractivity contribution in [1.82, 2.24) is 0 Å². The number of rotatable bonds is 4. The van der Waals surface area contributed by atoms with E-state index in [1.165, 1.54) is 0 Å². The number of hydrogen-bond donors (Lipinski definition) is 0. The molecule has 4 heteroatoms. The van der Waals surface area contributed by atoms with Gasteiger partial charge in [0, 0.05) is 16.1 Å². The zero-order valence-corrected chi connectivity index (χ0v) is 14.8. The van der Waals surface area contributed by atoms with Gasteiger partial charge in [0.1, 0.15) is 0 Å². The molecule has 0 aromatic heterocycles. The van der Waals surface area contributed by atoms with E-state index < -0.39 is 7.37 Å². The first-order valence-electron chi connectivity index (χ1n) is 7.90. The van der Waals surface area contributed by atoms with Crippen molar-refractivity contribution in [3.05, 3.63) is 71.8 Å². The Morgan fingerprint density at radius 3 is 2.33 bits per heavy atom. The molecule has 1 unspecified atom stereocenters. The molecule has 0 spiro atoms. The lowest BCUT2D eigenvalue weighted by Crippen LogP contribution is -1.99. The Labute approximate surface area is 146 Å². The molecule has 3 aromatic rings. The van der Waals surface area contributed by atoms with Gasteiger partial charge in [0.05, 0.1) is 17.2 Å². The highest BCUT2D eigenvalue weighted by molar-refractivity contribution is 7.85. The fourth-order valence-corrected chi connectivity index (χ4v) is 5.75. The Morgan fingerprint density at radius 2 is 1.62 bits per heavy atom. The van der Waals surface area contributed by atoms with Crippen LogP contribution in [-0.4, -0.2) is 6.61 Å². The maximum Gasteiger partial charge on any atom is 0.263 e. The van der Waals surface area contributed by atoms with Crippen LogP contribution in [0, 0.1) is 0 Å². The third-order valence-electron chi connectivity index (χ3n) is 4.26. The normalized spacial score (nSPS) is 18.2. The van der Waals surface area contributed by atoms with Crippen LogP contribution in [0.5, 0.6) is 0 Å². The van der Waals surface area contributed by atoms with E-state index in [1.807, 2.05) is 73.7 Å². The summed E-state index contributed by atoms with van der Waals surface area (Å²) in [4.78, 5) is 0. The molecule has 24 heavy (non-hydrogen) atoms. The van der Waals surface area contributed by atoms with Crippen LogP contribution in [0.2, 0.25) is 5.02 Å². The average Bonchev–Trinajstić information content (AvgIpc) is 3.20. The Balaban J connectivity index is 2.00. The summed E-state index contributed by atoms with van der Waals surface area (Å²) in [5.74, 6) is 0. The molecule has 3 aromatic carbocycles. The lowest BCUT2D eigenvalue weighted by molar-refractivity contribution is 0.353. The molecule has 0 amide bonds. The quantitative estimate of drug-likeness (QED) is 0.598. The molecule has 1 atom stereocenters. The first-order valence-corrected chi connectivity index (χ1v) is 9.90. The van der Waals surface area contributed by atoms with E-state index in [-0.39, 0.29) is 0 Å². The van der Waals surface area contributed by atoms with Crippen molar-refractivity contribution in [1.29, 1.82) is 0 Å². The van der Waals surface area contributed by atoms with Gasteiger partial charge >= 0.3 is 0 Å². The van der Waals surface area contributed by atoms with Gasteiger partial charge < -0.3 is 4.52 Å². The summed E-state index contributed by atoms with van der Waals surface area (Å²) in [6.07, 6.45) is 0. The van der Waals surface area contributed by atoms with Crippen LogP contribution < -0.4 is 10.6 Å². The highest BCUT2D eigenvalue weighted by Crippen LogP contribution is 2.59. The molecule has 1 aliphatic heterocycles. The molecule has 2 nitrogen and oxygen atoms in total. The van der Waals surface area contributed by atoms with E-state index in [0.717, 1.165) is 32.9 Å². The standard InChI is InChI=1S/C20H16ClO2P/c1-2-23-24(22)18-13-12-16(15-10-6-7-11-17(15)21)19(20(18)24)14-8-4-3-5-9-14/h3-13H,2H2,1H3. The van der Waals surface area contributed by atoms with E-state index in [0.29, 0.717) is 11.6 Å². The Kier molecular flexibility index (Phi) is 3.85. The third kappa shape index (κ3) is 2.34. The van der Waals surface area contributed by atoms with Gasteiger partial charge in [-0.05, 0) is 30.2 Å². The zero-order chi connectivity index (χ0) is 16.7. The molecular formula is C20H16ClO2P. The molecule has 1 heterocycles. The Morgan fingerprint density at radius 1 is 0.917 bits per heavy atom. The van der Waals surface area contributed by atoms with Gasteiger partial charge in [0.2, 0.25) is 0 Å². The van der Waals surface area contributed by atoms with Crippen molar-refractivity contribution in [2.75, 3.05) is 6.61 Å². The van der Waals surface area contributed by atoms with Crippen LogP contribution in [-0.2, 0) is 9.09 Å². The number of halogens is 1. The molecule has 0 fully saturated rings. The van der Waals surface area contributed by atoms with Crippen molar-refractivity contribution in [3.63, 3.8) is 0 Å². The molecule has 0 bridgehead atoms. The van der Waals surface area contributed by atoms with Crippen LogP contribution in [0.3, 0.4) is 0 Å². The van der Waals surface area contributed by atoms with Crippen LogP contribution in [0.4, 0.5) is 0 Å². The molecule has 1 aliphatic rings. The summed E-state index contributed by atoms with van der Waals surface area (Å²) in [6.45, 7) is 2.30. The Bertz CT molecular complexity index is 967. The minimum Gasteiger partial charge on any atom is -0.322 e. The van der Waals surface area contributed by atoms with Gasteiger partial charge in [-0.3, -0.25) is 4.57 Å². The van der Waals surface area contributed by atoms with E-state index in [4.69, 9.17) is 16.1 Å². The smallest absolute Gasteiger partial charge is 0.263 e. The van der Waals surface area contributed by atoms with E-state index in [1.54, 1.807) is 0 Å². The number of benzene rings is 3. The van der Waals surface area contributed by atoms with Crippen molar-refractivity contribution in [2.45, 2.75) is 6.92 Å². The fraction of sp³-hybridized carbons (Fsp3) is 0.100. The summed E-state index contributed by atoms with van der Waals surface area (Å²) < 4.78 is 18.7. The van der Waals surface area contributed by atoms with E-state index in [2.05, 4.69) is 0 Å². The molecule has 0 saturated carbocycles. The molecule has 0 radical (unpaired) electrons. The highest BCUT2D eigenvalue weighted by Gasteiger charge is 2.50. The summed E-state index contributed by atoms with van der Waals surface area (Å²) in [7, 11) is -2.82. The first-order chi connectivity index (χ1) is 11.7. The summed E-state index contributed by atoms with van der Waals surface area (Å²) in [6, 6.07) is 21.7. The van der Waals surface area contributed by atoms with Gasteiger partial charge in [-0.15, -0.1) is 0 Å². The predicted molar refractivity (Wildman–Crippen MR) is 101 cm³/mol. The second-order valence-corrected chi connectivity index (χ2v) is 8.37. The largest absolute Gasteiger partial charge is 0.322 e. The van der Waals surface area contributed by atoms with Crippen molar-refractivity contribution >= 4 is 29.6 Å².